The smallest absolute Gasteiger partial charge is 0.239 e. The third-order valence-corrected chi connectivity index (χ3v) is 6.90. The van der Waals surface area contributed by atoms with E-state index in [-0.39, 0.29) is 23.7 Å². The van der Waals surface area contributed by atoms with E-state index in [0.717, 1.165) is 29.1 Å². The summed E-state index contributed by atoms with van der Waals surface area (Å²) in [6.45, 7) is 5.36. The van der Waals surface area contributed by atoms with Gasteiger partial charge in [0.25, 0.3) is 0 Å². The zero-order chi connectivity index (χ0) is 26.6. The molecule has 1 unspecified atom stereocenters. The highest BCUT2D eigenvalue weighted by molar-refractivity contribution is 6.02. The number of ketones is 1. The molecule has 0 bridgehead atoms. The largest absolute Gasteiger partial charge is 0.497 e. The van der Waals surface area contributed by atoms with Gasteiger partial charge < -0.3 is 29.7 Å². The molecule has 4 rings (SSSR count). The van der Waals surface area contributed by atoms with Crippen molar-refractivity contribution in [3.63, 3.8) is 0 Å². The number of amides is 1. The van der Waals surface area contributed by atoms with Crippen LogP contribution >= 0.6 is 0 Å². The topological polar surface area (TPSA) is 89.1 Å². The van der Waals surface area contributed by atoms with Crippen LogP contribution in [0.3, 0.4) is 0 Å². The number of fused-ring (bicyclic) bond motifs is 1. The van der Waals surface area contributed by atoms with Crippen LogP contribution in [0.25, 0.3) is 0 Å². The van der Waals surface area contributed by atoms with Gasteiger partial charge in [-0.3, -0.25) is 9.59 Å². The first kappa shape index (κ1) is 26.5. The normalized spacial score (nSPS) is 18.4. The Morgan fingerprint density at radius 2 is 1.89 bits per heavy atom. The third kappa shape index (κ3) is 5.74. The van der Waals surface area contributed by atoms with Crippen LogP contribution in [0.5, 0.6) is 11.5 Å². The van der Waals surface area contributed by atoms with Gasteiger partial charge in [-0.25, -0.2) is 0 Å². The van der Waals surface area contributed by atoms with Crippen molar-refractivity contribution >= 4 is 23.1 Å². The van der Waals surface area contributed by atoms with Gasteiger partial charge in [0.2, 0.25) is 5.91 Å². The number of carbonyl (C=O) groups excluding carboxylic acids is 2. The molecule has 1 amide bonds. The summed E-state index contributed by atoms with van der Waals surface area (Å²) >= 11 is 0. The Morgan fingerprint density at radius 1 is 1.11 bits per heavy atom. The molecule has 8 nitrogen and oxygen atoms in total. The molecule has 0 saturated carbocycles. The van der Waals surface area contributed by atoms with Crippen LogP contribution in [0.4, 0.5) is 11.4 Å². The Labute approximate surface area is 219 Å². The van der Waals surface area contributed by atoms with Crippen LogP contribution in [-0.2, 0) is 14.3 Å². The third-order valence-electron chi connectivity index (χ3n) is 6.90. The molecule has 1 heterocycles. The number of hydrogen-bond acceptors (Lipinski definition) is 7. The highest BCUT2D eigenvalue weighted by Gasteiger charge is 2.42. The highest BCUT2D eigenvalue weighted by Crippen LogP contribution is 2.50. The van der Waals surface area contributed by atoms with E-state index in [4.69, 9.17) is 14.2 Å². The summed E-state index contributed by atoms with van der Waals surface area (Å²) in [6.07, 6.45) is 1.85. The number of para-hydroxylation sites is 2. The summed E-state index contributed by atoms with van der Waals surface area (Å²) in [5.74, 6) is 1.20. The predicted molar refractivity (Wildman–Crippen MR) is 144 cm³/mol. The van der Waals surface area contributed by atoms with E-state index in [0.29, 0.717) is 43.1 Å². The number of anilines is 2. The van der Waals surface area contributed by atoms with Crippen molar-refractivity contribution < 1.29 is 23.8 Å². The number of carbonyl (C=O) groups is 2. The summed E-state index contributed by atoms with van der Waals surface area (Å²) in [7, 11) is 4.87. The van der Waals surface area contributed by atoms with Crippen LogP contribution in [0.2, 0.25) is 0 Å². The first-order valence-electron chi connectivity index (χ1n) is 12.6. The van der Waals surface area contributed by atoms with Gasteiger partial charge in [-0.1, -0.05) is 26.0 Å². The lowest BCUT2D eigenvalue weighted by Gasteiger charge is -2.38. The lowest BCUT2D eigenvalue weighted by Crippen LogP contribution is -2.42. The Morgan fingerprint density at radius 3 is 2.62 bits per heavy atom. The molecule has 0 spiro atoms. The Kier molecular flexibility index (Phi) is 8.07. The Hall–Kier alpha value is -3.52. The lowest BCUT2D eigenvalue weighted by atomic mass is 9.73. The van der Waals surface area contributed by atoms with Gasteiger partial charge in [0.15, 0.2) is 5.78 Å². The molecule has 8 heteroatoms. The van der Waals surface area contributed by atoms with Gasteiger partial charge >= 0.3 is 0 Å². The van der Waals surface area contributed by atoms with E-state index in [1.165, 1.54) is 0 Å². The fourth-order valence-corrected chi connectivity index (χ4v) is 5.26. The quantitative estimate of drug-likeness (QED) is 0.484. The molecule has 2 aromatic rings. The van der Waals surface area contributed by atoms with Gasteiger partial charge in [-0.15, -0.1) is 0 Å². The maximum Gasteiger partial charge on any atom is 0.239 e. The fraction of sp³-hybridized carbons (Fsp3) is 0.448. The number of nitrogens with one attached hydrogen (secondary N) is 2. The second-order valence-corrected chi connectivity index (χ2v) is 10.3. The van der Waals surface area contributed by atoms with E-state index in [1.807, 2.05) is 47.4 Å². The highest BCUT2D eigenvalue weighted by atomic mass is 16.5. The maximum absolute atomic E-state index is 13.9. The summed E-state index contributed by atoms with van der Waals surface area (Å²) in [4.78, 5) is 29.1. The van der Waals surface area contributed by atoms with Crippen molar-refractivity contribution in [2.75, 3.05) is 51.2 Å². The first-order valence-corrected chi connectivity index (χ1v) is 12.6. The molecule has 1 aliphatic carbocycles. The molecule has 0 fully saturated rings. The van der Waals surface area contributed by atoms with Gasteiger partial charge in [0.05, 0.1) is 38.2 Å². The Balaban J connectivity index is 1.89. The van der Waals surface area contributed by atoms with Crippen LogP contribution in [0, 0.1) is 5.41 Å². The molecular formula is C29H37N3O5. The zero-order valence-electron chi connectivity index (χ0n) is 22.3. The molecule has 2 aliphatic rings. The van der Waals surface area contributed by atoms with E-state index < -0.39 is 6.04 Å². The second-order valence-electron chi connectivity index (χ2n) is 10.3. The summed E-state index contributed by atoms with van der Waals surface area (Å²) < 4.78 is 16.4. The maximum atomic E-state index is 13.9. The van der Waals surface area contributed by atoms with Gasteiger partial charge in [0, 0.05) is 43.5 Å². The van der Waals surface area contributed by atoms with Crippen LogP contribution in [0.1, 0.15) is 44.7 Å². The van der Waals surface area contributed by atoms with Crippen molar-refractivity contribution in [1.29, 1.82) is 0 Å². The summed E-state index contributed by atoms with van der Waals surface area (Å²) in [5.41, 5.74) is 3.82. The number of nitrogens with zero attached hydrogens (tertiary/aromatic N) is 1. The summed E-state index contributed by atoms with van der Waals surface area (Å²) in [6, 6.07) is 12.9. The van der Waals surface area contributed by atoms with Crippen LogP contribution in [0.15, 0.2) is 53.7 Å². The number of hydrogen-bond donors (Lipinski definition) is 2. The standard InChI is InChI=1S/C29H37N3O5/c1-29(2)16-22-27(24(33)17-29)28(20-15-19(36-4)11-12-25(20)37-5)32(18-26(34)30-13-8-14-35-3)23-10-7-6-9-21(23)31-22/h6-7,9-12,15,28,31H,8,13-14,16-18H2,1-5H3,(H,30,34). The van der Waals surface area contributed by atoms with Gasteiger partial charge in [0.1, 0.15) is 11.5 Å². The van der Waals surface area contributed by atoms with Crippen molar-refractivity contribution in [3.05, 3.63) is 59.3 Å². The van der Waals surface area contributed by atoms with Crippen molar-refractivity contribution in [2.45, 2.75) is 39.2 Å². The minimum absolute atomic E-state index is 0.0597. The van der Waals surface area contributed by atoms with Crippen molar-refractivity contribution in [1.82, 2.24) is 5.32 Å². The first-order chi connectivity index (χ1) is 17.8. The number of benzene rings is 2. The van der Waals surface area contributed by atoms with Gasteiger partial charge in [-0.2, -0.15) is 0 Å². The predicted octanol–water partition coefficient (Wildman–Crippen LogP) is 4.47. The SMILES string of the molecule is COCCCNC(=O)CN1c2ccccc2NC2=C(C(=O)CC(C)(C)C2)C1c1cc(OC)ccc1OC. The van der Waals surface area contributed by atoms with E-state index in [9.17, 15) is 9.59 Å². The van der Waals surface area contributed by atoms with Crippen LogP contribution in [-0.4, -0.2) is 52.7 Å². The zero-order valence-corrected chi connectivity index (χ0v) is 22.3. The van der Waals surface area contributed by atoms with E-state index >= 15 is 0 Å². The molecule has 2 N–H and O–H groups in total. The minimum atomic E-state index is -0.551. The molecule has 1 atom stereocenters. The number of rotatable bonds is 9. The van der Waals surface area contributed by atoms with Crippen molar-refractivity contribution in [3.8, 4) is 11.5 Å². The van der Waals surface area contributed by atoms with E-state index in [1.54, 1.807) is 21.3 Å². The minimum Gasteiger partial charge on any atom is -0.497 e. The number of ether oxygens (including phenoxy) is 3. The van der Waals surface area contributed by atoms with Gasteiger partial charge in [-0.05, 0) is 48.6 Å². The van der Waals surface area contributed by atoms with E-state index in [2.05, 4.69) is 24.5 Å². The number of Topliss-reactive ketones (excluding diaryl/α,β-unsaturated/α-hetero) is 1. The molecule has 2 aromatic carbocycles. The Bertz CT molecular complexity index is 1190. The fourth-order valence-electron chi connectivity index (χ4n) is 5.26. The summed E-state index contributed by atoms with van der Waals surface area (Å²) in [5, 5.41) is 6.57. The average Bonchev–Trinajstić information content (AvgIpc) is 3.00. The molecule has 0 radical (unpaired) electrons. The average molecular weight is 508 g/mol. The van der Waals surface area contributed by atoms with Crippen molar-refractivity contribution in [2.24, 2.45) is 5.41 Å². The lowest BCUT2D eigenvalue weighted by molar-refractivity contribution is -0.120. The van der Waals surface area contributed by atoms with Crippen LogP contribution < -0.4 is 25.0 Å². The molecule has 0 aromatic heterocycles. The number of allylic oxidation sites excluding steroid dienone is 1. The molecular weight excluding hydrogens is 470 g/mol. The number of methoxy groups -OCH3 is 3. The molecule has 37 heavy (non-hydrogen) atoms. The monoisotopic (exact) mass is 507 g/mol. The molecule has 0 saturated heterocycles. The molecule has 1 aliphatic heterocycles. The molecule has 198 valence electrons. The second kappa shape index (κ2) is 11.3.